The van der Waals surface area contributed by atoms with E-state index < -0.39 is 10.8 Å². The lowest BCUT2D eigenvalue weighted by Gasteiger charge is -2.12. The normalized spacial score (nSPS) is 13.8. The van der Waals surface area contributed by atoms with Gasteiger partial charge < -0.3 is 0 Å². The summed E-state index contributed by atoms with van der Waals surface area (Å²) in [5.74, 6) is 0. The maximum Gasteiger partial charge on any atom is 0.0778 e. The first-order chi connectivity index (χ1) is 11.7. The quantitative estimate of drug-likeness (QED) is 0.228. The van der Waals surface area contributed by atoms with Crippen molar-refractivity contribution in [1.29, 1.82) is 0 Å². The maximum absolute atomic E-state index is 12.7. The van der Waals surface area contributed by atoms with E-state index in [-0.39, 0.29) is 0 Å². The van der Waals surface area contributed by atoms with E-state index in [9.17, 15) is 4.21 Å². The van der Waals surface area contributed by atoms with E-state index in [1.165, 1.54) is 43.3 Å². The summed E-state index contributed by atoms with van der Waals surface area (Å²) in [7, 11) is -1.10. The van der Waals surface area contributed by atoms with Gasteiger partial charge in [-0.1, -0.05) is 69.9 Å². The first-order valence-corrected chi connectivity index (χ1v) is 10.4. The summed E-state index contributed by atoms with van der Waals surface area (Å²) >= 11 is 0. The number of rotatable bonds is 12. The predicted octanol–water partition coefficient (Wildman–Crippen LogP) is 6.95. The monoisotopic (exact) mass is 344 g/mol. The summed E-state index contributed by atoms with van der Waals surface area (Å²) in [6, 6.07) is 9.68. The highest BCUT2D eigenvalue weighted by Gasteiger charge is 2.08. The molecule has 0 bridgehead atoms. The van der Waals surface area contributed by atoms with Crippen LogP contribution in [0.3, 0.4) is 0 Å². The van der Waals surface area contributed by atoms with Crippen molar-refractivity contribution < 1.29 is 4.21 Å². The van der Waals surface area contributed by atoms with Crippen LogP contribution in [0.1, 0.15) is 65.2 Å². The van der Waals surface area contributed by atoms with Crippen molar-refractivity contribution in [2.24, 2.45) is 0 Å². The Kier molecular flexibility index (Phi) is 11.1. The van der Waals surface area contributed by atoms with Crippen LogP contribution in [0.15, 0.2) is 70.5 Å². The maximum atomic E-state index is 12.7. The van der Waals surface area contributed by atoms with Crippen LogP contribution in [-0.2, 0) is 10.8 Å². The Morgan fingerprint density at radius 1 is 1.04 bits per heavy atom. The van der Waals surface area contributed by atoms with Crippen molar-refractivity contribution in [1.82, 2.24) is 0 Å². The Morgan fingerprint density at radius 3 is 2.38 bits per heavy atom. The van der Waals surface area contributed by atoms with Crippen LogP contribution in [0.25, 0.3) is 0 Å². The summed E-state index contributed by atoms with van der Waals surface area (Å²) in [4.78, 5) is 0.862. The van der Waals surface area contributed by atoms with Crippen LogP contribution in [-0.4, -0.2) is 4.21 Å². The average molecular weight is 345 g/mol. The molecule has 132 valence electrons. The zero-order valence-corrected chi connectivity index (χ0v) is 16.1. The molecule has 0 N–H and O–H groups in total. The third-order valence-electron chi connectivity index (χ3n) is 4.00. The number of allylic oxidation sites excluding steroid dienone is 4. The molecule has 1 nitrogen and oxygen atoms in total. The van der Waals surface area contributed by atoms with Crippen LogP contribution in [0, 0.1) is 0 Å². The fraction of sp³-hybridized carbons (Fsp3) is 0.455. The third-order valence-corrected chi connectivity index (χ3v) is 5.23. The van der Waals surface area contributed by atoms with E-state index in [2.05, 4.69) is 26.5 Å². The molecule has 1 aromatic rings. The fourth-order valence-electron chi connectivity index (χ4n) is 2.60. The molecule has 0 aliphatic rings. The largest absolute Gasteiger partial charge is 0.250 e. The molecule has 1 aromatic carbocycles. The zero-order chi connectivity index (χ0) is 17.6. The number of hydrogen-bond donors (Lipinski definition) is 0. The number of hydrogen-bond acceptors (Lipinski definition) is 1. The molecular weight excluding hydrogens is 312 g/mol. The summed E-state index contributed by atoms with van der Waals surface area (Å²) in [5.41, 5.74) is 2.54. The van der Waals surface area contributed by atoms with E-state index in [0.29, 0.717) is 0 Å². The first kappa shape index (κ1) is 20.6. The molecule has 0 saturated heterocycles. The number of unbranched alkanes of at least 4 members (excludes halogenated alkanes) is 4. The van der Waals surface area contributed by atoms with Gasteiger partial charge in [-0.15, -0.1) is 6.58 Å². The van der Waals surface area contributed by atoms with Crippen molar-refractivity contribution in [3.05, 3.63) is 65.6 Å². The second-order valence-electron chi connectivity index (χ2n) is 6.08. The van der Waals surface area contributed by atoms with Crippen LogP contribution >= 0.6 is 0 Å². The lowest BCUT2D eigenvalue weighted by Crippen LogP contribution is -1.95. The third kappa shape index (κ3) is 7.92. The van der Waals surface area contributed by atoms with E-state index in [4.69, 9.17) is 0 Å². The minimum absolute atomic E-state index is 0.780. The first-order valence-electron chi connectivity index (χ1n) is 9.19. The molecule has 2 heteroatoms. The van der Waals surface area contributed by atoms with Crippen molar-refractivity contribution in [2.45, 2.75) is 70.1 Å². The average Bonchev–Trinajstić information content (AvgIpc) is 2.61. The molecular formula is C22H32OS. The van der Waals surface area contributed by atoms with Gasteiger partial charge in [0.2, 0.25) is 0 Å². The molecule has 24 heavy (non-hydrogen) atoms. The van der Waals surface area contributed by atoms with Crippen LogP contribution in [0.5, 0.6) is 0 Å². The Morgan fingerprint density at radius 2 is 1.75 bits per heavy atom. The van der Waals surface area contributed by atoms with Gasteiger partial charge in [0.05, 0.1) is 10.8 Å². The van der Waals surface area contributed by atoms with Crippen molar-refractivity contribution in [3.63, 3.8) is 0 Å². The summed E-state index contributed by atoms with van der Waals surface area (Å²) in [6.07, 6.45) is 13.3. The van der Waals surface area contributed by atoms with Crippen molar-refractivity contribution >= 4 is 10.8 Å². The van der Waals surface area contributed by atoms with Gasteiger partial charge in [0, 0.05) is 10.3 Å². The molecule has 0 aliphatic heterocycles. The zero-order valence-electron chi connectivity index (χ0n) is 15.3. The van der Waals surface area contributed by atoms with Gasteiger partial charge in [-0.3, -0.25) is 0 Å². The highest BCUT2D eigenvalue weighted by atomic mass is 32.2. The Labute approximate surface area is 151 Å². The lowest BCUT2D eigenvalue weighted by atomic mass is 9.97. The van der Waals surface area contributed by atoms with Gasteiger partial charge >= 0.3 is 0 Å². The minimum Gasteiger partial charge on any atom is -0.250 e. The van der Waals surface area contributed by atoms with Gasteiger partial charge in [-0.2, -0.15) is 0 Å². The summed E-state index contributed by atoms with van der Waals surface area (Å²) in [6.45, 7) is 8.33. The van der Waals surface area contributed by atoms with Gasteiger partial charge in [-0.05, 0) is 49.0 Å². The predicted molar refractivity (Wildman–Crippen MR) is 107 cm³/mol. The molecule has 0 radical (unpaired) electrons. The summed E-state index contributed by atoms with van der Waals surface area (Å²) in [5, 5.41) is 1.93. The Balaban J connectivity index is 3.00. The van der Waals surface area contributed by atoms with E-state index in [0.717, 1.165) is 24.2 Å². The van der Waals surface area contributed by atoms with Crippen molar-refractivity contribution in [2.75, 3.05) is 0 Å². The van der Waals surface area contributed by atoms with E-state index in [1.54, 1.807) is 0 Å². The molecule has 0 aromatic heterocycles. The van der Waals surface area contributed by atoms with Gasteiger partial charge in [-0.25, -0.2) is 4.21 Å². The van der Waals surface area contributed by atoms with Gasteiger partial charge in [0.25, 0.3) is 0 Å². The fourth-order valence-corrected chi connectivity index (χ4v) is 3.67. The lowest BCUT2D eigenvalue weighted by molar-refractivity contribution is 0.687. The highest BCUT2D eigenvalue weighted by molar-refractivity contribution is 7.88. The Hall–Kier alpha value is -1.41. The van der Waals surface area contributed by atoms with Crippen LogP contribution < -0.4 is 0 Å². The molecule has 0 aliphatic carbocycles. The second-order valence-corrected chi connectivity index (χ2v) is 7.38. The van der Waals surface area contributed by atoms with Crippen LogP contribution in [0.4, 0.5) is 0 Å². The molecule has 0 fully saturated rings. The molecule has 0 amide bonds. The molecule has 0 saturated carbocycles. The van der Waals surface area contributed by atoms with Crippen LogP contribution in [0.2, 0.25) is 0 Å². The standard InChI is InChI=1S/C22H32OS/c1-4-7-10-15-20(16-11-8-5-2)21(14-6-3)19-24(23)22-17-12-9-13-18-22/h6,9,12-13,15,17-19H,3-5,7-8,10-11,14,16H2,1-2H3/b20-15+,21-19+. The van der Waals surface area contributed by atoms with Gasteiger partial charge in [0.15, 0.2) is 0 Å². The molecule has 1 rings (SSSR count). The molecule has 0 heterocycles. The number of benzene rings is 1. The second kappa shape index (κ2) is 12.9. The molecule has 1 atom stereocenters. The highest BCUT2D eigenvalue weighted by Crippen LogP contribution is 2.24. The Bertz CT molecular complexity index is 555. The molecule has 0 spiro atoms. The van der Waals surface area contributed by atoms with E-state index >= 15 is 0 Å². The van der Waals surface area contributed by atoms with E-state index in [1.807, 2.05) is 41.8 Å². The summed E-state index contributed by atoms with van der Waals surface area (Å²) < 4.78 is 12.7. The topological polar surface area (TPSA) is 17.1 Å². The SMILES string of the molecule is C=CCC(=C\S(=O)c1ccccc1)/C(=C/CCCC)CCCCC. The van der Waals surface area contributed by atoms with Crippen molar-refractivity contribution in [3.8, 4) is 0 Å². The smallest absolute Gasteiger partial charge is 0.0778 e. The minimum atomic E-state index is -1.10. The molecule has 1 unspecified atom stereocenters. The van der Waals surface area contributed by atoms with Gasteiger partial charge in [0.1, 0.15) is 0 Å².